The summed E-state index contributed by atoms with van der Waals surface area (Å²) in [4.78, 5) is 30.7. The smallest absolute Gasteiger partial charge is 0.261 e. The van der Waals surface area contributed by atoms with Gasteiger partial charge in [-0.1, -0.05) is 23.9 Å². The molecule has 1 amide bonds. The number of rotatable bonds is 5. The number of benzene rings is 1. The number of thioether (sulfide) groups is 1. The molecule has 0 unspecified atom stereocenters. The van der Waals surface area contributed by atoms with Crippen LogP contribution in [0.15, 0.2) is 57.0 Å². The Kier molecular flexibility index (Phi) is 4.71. The third-order valence-electron chi connectivity index (χ3n) is 3.67. The van der Waals surface area contributed by atoms with Crippen LogP contribution in [0.5, 0.6) is 0 Å². The highest BCUT2D eigenvalue weighted by molar-refractivity contribution is 7.99. The van der Waals surface area contributed by atoms with E-state index in [2.05, 4.69) is 4.98 Å². The summed E-state index contributed by atoms with van der Waals surface area (Å²) in [6, 6.07) is 10.8. The molecule has 3 aromatic rings. The van der Waals surface area contributed by atoms with E-state index in [0.717, 1.165) is 5.76 Å². The Morgan fingerprint density at radius 2 is 2.08 bits per heavy atom. The average molecular weight is 343 g/mol. The van der Waals surface area contributed by atoms with E-state index < -0.39 is 0 Å². The highest BCUT2D eigenvalue weighted by Gasteiger charge is 2.14. The molecule has 0 aliphatic rings. The second kappa shape index (κ2) is 6.92. The van der Waals surface area contributed by atoms with Gasteiger partial charge < -0.3 is 9.32 Å². The van der Waals surface area contributed by atoms with Crippen molar-refractivity contribution in [3.05, 3.63) is 58.8 Å². The molecule has 1 aromatic carbocycles. The Balaban J connectivity index is 1.72. The second-order valence-corrected chi connectivity index (χ2v) is 6.34. The lowest BCUT2D eigenvalue weighted by molar-refractivity contribution is -0.127. The van der Waals surface area contributed by atoms with E-state index in [1.807, 2.05) is 18.2 Å². The largest absolute Gasteiger partial charge is 0.467 e. The SMILES string of the molecule is CN(Cc1ccco1)C(=O)CSc1nc2ccccc2c(=O)n1C. The summed E-state index contributed by atoms with van der Waals surface area (Å²) in [5.74, 6) is 0.876. The Hall–Kier alpha value is -2.54. The molecule has 0 saturated carbocycles. The topological polar surface area (TPSA) is 68.3 Å². The number of carbonyl (C=O) groups is 1. The number of carbonyl (C=O) groups excluding carboxylic acids is 1. The van der Waals surface area contributed by atoms with Crippen molar-refractivity contribution < 1.29 is 9.21 Å². The van der Waals surface area contributed by atoms with Crippen molar-refractivity contribution >= 4 is 28.6 Å². The maximum atomic E-state index is 12.3. The average Bonchev–Trinajstić information content (AvgIpc) is 3.09. The lowest BCUT2D eigenvalue weighted by Gasteiger charge is -2.15. The Morgan fingerprint density at radius 1 is 1.29 bits per heavy atom. The van der Waals surface area contributed by atoms with Crippen molar-refractivity contribution in [3.8, 4) is 0 Å². The van der Waals surface area contributed by atoms with Gasteiger partial charge in [-0.05, 0) is 24.3 Å². The van der Waals surface area contributed by atoms with Crippen LogP contribution in [0.3, 0.4) is 0 Å². The van der Waals surface area contributed by atoms with Crippen molar-refractivity contribution in [2.75, 3.05) is 12.8 Å². The maximum absolute atomic E-state index is 12.3. The quantitative estimate of drug-likeness (QED) is 0.525. The predicted molar refractivity (Wildman–Crippen MR) is 92.9 cm³/mol. The van der Waals surface area contributed by atoms with Crippen molar-refractivity contribution in [2.24, 2.45) is 7.05 Å². The molecule has 2 heterocycles. The zero-order valence-corrected chi connectivity index (χ0v) is 14.2. The third kappa shape index (κ3) is 3.35. The predicted octanol–water partition coefficient (Wildman–Crippen LogP) is 2.28. The fourth-order valence-corrected chi connectivity index (χ4v) is 3.20. The lowest BCUT2D eigenvalue weighted by atomic mass is 10.2. The molecule has 3 rings (SSSR count). The molecule has 124 valence electrons. The van der Waals surface area contributed by atoms with Gasteiger partial charge in [0.2, 0.25) is 5.91 Å². The summed E-state index contributed by atoms with van der Waals surface area (Å²) >= 11 is 1.26. The zero-order chi connectivity index (χ0) is 17.1. The number of hydrogen-bond acceptors (Lipinski definition) is 5. The molecule has 24 heavy (non-hydrogen) atoms. The zero-order valence-electron chi connectivity index (χ0n) is 13.4. The summed E-state index contributed by atoms with van der Waals surface area (Å²) in [5, 5.41) is 1.10. The Bertz CT molecular complexity index is 918. The van der Waals surface area contributed by atoms with E-state index in [0.29, 0.717) is 22.6 Å². The molecule has 7 heteroatoms. The van der Waals surface area contributed by atoms with Gasteiger partial charge in [0, 0.05) is 14.1 Å². The van der Waals surface area contributed by atoms with Crippen LogP contribution >= 0.6 is 11.8 Å². The van der Waals surface area contributed by atoms with Gasteiger partial charge in [0.15, 0.2) is 5.16 Å². The van der Waals surface area contributed by atoms with Gasteiger partial charge in [0.25, 0.3) is 5.56 Å². The van der Waals surface area contributed by atoms with Crippen molar-refractivity contribution in [2.45, 2.75) is 11.7 Å². The summed E-state index contributed by atoms with van der Waals surface area (Å²) in [6.45, 7) is 0.413. The minimum Gasteiger partial charge on any atom is -0.467 e. The van der Waals surface area contributed by atoms with Crippen LogP contribution in [0.1, 0.15) is 5.76 Å². The molecule has 0 N–H and O–H groups in total. The van der Waals surface area contributed by atoms with E-state index in [1.165, 1.54) is 16.3 Å². The van der Waals surface area contributed by atoms with Gasteiger partial charge in [-0.25, -0.2) is 4.98 Å². The van der Waals surface area contributed by atoms with E-state index in [-0.39, 0.29) is 17.2 Å². The standard InChI is InChI=1S/C17H17N3O3S/c1-19(10-12-6-5-9-23-12)15(21)11-24-17-18-14-8-4-3-7-13(14)16(22)20(17)2/h3-9H,10-11H2,1-2H3. The van der Waals surface area contributed by atoms with E-state index in [1.54, 1.807) is 43.5 Å². The number of aromatic nitrogens is 2. The summed E-state index contributed by atoms with van der Waals surface area (Å²) in [6.07, 6.45) is 1.58. The first-order valence-electron chi connectivity index (χ1n) is 7.41. The monoisotopic (exact) mass is 343 g/mol. The molecule has 0 spiro atoms. The highest BCUT2D eigenvalue weighted by atomic mass is 32.2. The van der Waals surface area contributed by atoms with Crippen molar-refractivity contribution in [3.63, 3.8) is 0 Å². The Morgan fingerprint density at radius 3 is 2.83 bits per heavy atom. The first-order chi connectivity index (χ1) is 11.6. The third-order valence-corrected chi connectivity index (χ3v) is 4.68. The van der Waals surface area contributed by atoms with Crippen LogP contribution in [-0.2, 0) is 18.4 Å². The number of para-hydroxylation sites is 1. The second-order valence-electron chi connectivity index (χ2n) is 5.39. The van der Waals surface area contributed by atoms with Gasteiger partial charge >= 0.3 is 0 Å². The van der Waals surface area contributed by atoms with Gasteiger partial charge in [-0.3, -0.25) is 14.2 Å². The molecule has 0 radical (unpaired) electrons. The van der Waals surface area contributed by atoms with E-state index >= 15 is 0 Å². The fourth-order valence-electron chi connectivity index (χ4n) is 2.29. The first kappa shape index (κ1) is 16.3. The summed E-state index contributed by atoms with van der Waals surface area (Å²) in [5.41, 5.74) is 0.527. The van der Waals surface area contributed by atoms with E-state index in [9.17, 15) is 9.59 Å². The minimum atomic E-state index is -0.112. The molecule has 0 aliphatic heterocycles. The highest BCUT2D eigenvalue weighted by Crippen LogP contribution is 2.17. The van der Waals surface area contributed by atoms with Gasteiger partial charge in [-0.2, -0.15) is 0 Å². The summed E-state index contributed by atoms with van der Waals surface area (Å²) < 4.78 is 6.72. The van der Waals surface area contributed by atoms with Crippen molar-refractivity contribution in [1.82, 2.24) is 14.5 Å². The minimum absolute atomic E-state index is 0.0567. The lowest BCUT2D eigenvalue weighted by Crippen LogP contribution is -2.28. The van der Waals surface area contributed by atoms with Gasteiger partial charge in [-0.15, -0.1) is 0 Å². The van der Waals surface area contributed by atoms with Gasteiger partial charge in [0.05, 0.1) is 29.5 Å². The number of furan rings is 1. The van der Waals surface area contributed by atoms with Gasteiger partial charge in [0.1, 0.15) is 5.76 Å². The normalized spacial score (nSPS) is 10.9. The van der Waals surface area contributed by atoms with Crippen LogP contribution in [0.25, 0.3) is 10.9 Å². The van der Waals surface area contributed by atoms with Crippen LogP contribution in [0.2, 0.25) is 0 Å². The van der Waals surface area contributed by atoms with Crippen LogP contribution < -0.4 is 5.56 Å². The molecule has 0 atom stereocenters. The molecular formula is C17H17N3O3S. The molecule has 0 saturated heterocycles. The first-order valence-corrected chi connectivity index (χ1v) is 8.39. The van der Waals surface area contributed by atoms with Crippen LogP contribution in [0.4, 0.5) is 0 Å². The Labute approximate surface area is 143 Å². The maximum Gasteiger partial charge on any atom is 0.261 e. The molecule has 6 nitrogen and oxygen atoms in total. The van der Waals surface area contributed by atoms with Crippen molar-refractivity contribution in [1.29, 1.82) is 0 Å². The number of nitrogens with zero attached hydrogens (tertiary/aromatic N) is 3. The fraction of sp³-hybridized carbons (Fsp3) is 0.235. The molecule has 0 aliphatic carbocycles. The molecular weight excluding hydrogens is 326 g/mol. The van der Waals surface area contributed by atoms with E-state index in [4.69, 9.17) is 4.42 Å². The molecule has 0 fully saturated rings. The molecule has 2 aromatic heterocycles. The molecule has 0 bridgehead atoms. The number of hydrogen-bond donors (Lipinski definition) is 0. The summed E-state index contributed by atoms with van der Waals surface area (Å²) in [7, 11) is 3.39. The number of amides is 1. The number of fused-ring (bicyclic) bond motifs is 1. The van der Waals surface area contributed by atoms with Crippen LogP contribution in [0, 0.1) is 0 Å². The van der Waals surface area contributed by atoms with Crippen LogP contribution in [-0.4, -0.2) is 33.2 Å².